The minimum absolute atomic E-state index is 0.291. The molecule has 1 aliphatic rings. The molecule has 3 heterocycles. The van der Waals surface area contributed by atoms with Crippen LogP contribution >= 0.6 is 0 Å². The maximum absolute atomic E-state index is 5.69. The topological polar surface area (TPSA) is 73.5 Å². The quantitative estimate of drug-likeness (QED) is 0.662. The average Bonchev–Trinajstić information content (AvgIpc) is 3.40. The van der Waals surface area contributed by atoms with Crippen molar-refractivity contribution < 1.29 is 14.0 Å². The van der Waals surface area contributed by atoms with Gasteiger partial charge in [0.1, 0.15) is 11.6 Å². The first-order valence-electron chi connectivity index (χ1n) is 9.00. The predicted molar refractivity (Wildman–Crippen MR) is 102 cm³/mol. The third-order valence-electron chi connectivity index (χ3n) is 4.66. The van der Waals surface area contributed by atoms with Gasteiger partial charge in [-0.25, -0.2) is 4.98 Å². The van der Waals surface area contributed by atoms with Crippen LogP contribution in [0.2, 0.25) is 0 Å². The summed E-state index contributed by atoms with van der Waals surface area (Å²) in [6.07, 6.45) is 4.29. The molecule has 1 atom stereocenters. The van der Waals surface area contributed by atoms with E-state index in [4.69, 9.17) is 14.0 Å². The van der Waals surface area contributed by atoms with Crippen LogP contribution in [0.4, 0.5) is 5.82 Å². The SMILES string of the molecule is COc1ccc(-c2noc(-c3ccc(N(C)CC4CCCO4)nc3)n2)cc1. The standard InChI is InChI=1S/C20H22N4O3/c1-24(13-17-4-3-11-26-17)18-10-7-15(12-21-18)20-22-19(23-27-20)14-5-8-16(25-2)9-6-14/h5-10,12,17H,3-4,11,13H2,1-2H3. The summed E-state index contributed by atoms with van der Waals surface area (Å²) in [6, 6.07) is 11.4. The van der Waals surface area contributed by atoms with Crippen LogP contribution in [0.5, 0.6) is 5.75 Å². The molecule has 7 nitrogen and oxygen atoms in total. The molecule has 140 valence electrons. The number of hydrogen-bond donors (Lipinski definition) is 0. The van der Waals surface area contributed by atoms with E-state index in [1.165, 1.54) is 0 Å². The van der Waals surface area contributed by atoms with Gasteiger partial charge in [-0.2, -0.15) is 4.98 Å². The van der Waals surface area contributed by atoms with E-state index in [-0.39, 0.29) is 0 Å². The molecule has 7 heteroatoms. The predicted octanol–water partition coefficient (Wildman–Crippen LogP) is 3.42. The van der Waals surface area contributed by atoms with Gasteiger partial charge < -0.3 is 18.9 Å². The lowest BCUT2D eigenvalue weighted by molar-refractivity contribution is 0.116. The number of pyridine rings is 1. The van der Waals surface area contributed by atoms with Gasteiger partial charge in [-0.05, 0) is 49.2 Å². The molecule has 3 aromatic rings. The van der Waals surface area contributed by atoms with E-state index in [1.54, 1.807) is 13.3 Å². The largest absolute Gasteiger partial charge is 0.497 e. The minimum Gasteiger partial charge on any atom is -0.497 e. The van der Waals surface area contributed by atoms with Crippen molar-refractivity contribution in [3.8, 4) is 28.6 Å². The fraction of sp³-hybridized carbons (Fsp3) is 0.350. The van der Waals surface area contributed by atoms with Crippen LogP contribution in [0.1, 0.15) is 12.8 Å². The highest BCUT2D eigenvalue weighted by Gasteiger charge is 2.18. The van der Waals surface area contributed by atoms with Crippen LogP contribution in [0.3, 0.4) is 0 Å². The summed E-state index contributed by atoms with van der Waals surface area (Å²) in [6.45, 7) is 1.70. The second-order valence-electron chi connectivity index (χ2n) is 6.57. The van der Waals surface area contributed by atoms with Crippen LogP contribution in [0, 0.1) is 0 Å². The van der Waals surface area contributed by atoms with Crippen molar-refractivity contribution in [1.82, 2.24) is 15.1 Å². The third kappa shape index (κ3) is 3.93. The summed E-state index contributed by atoms with van der Waals surface area (Å²) in [5.74, 6) is 2.66. The average molecular weight is 366 g/mol. The molecule has 1 aromatic carbocycles. The normalized spacial score (nSPS) is 16.4. The first kappa shape index (κ1) is 17.5. The molecule has 0 aliphatic carbocycles. The van der Waals surface area contributed by atoms with E-state index in [0.29, 0.717) is 17.8 Å². The molecule has 27 heavy (non-hydrogen) atoms. The molecule has 0 amide bonds. The van der Waals surface area contributed by atoms with E-state index in [0.717, 1.165) is 48.7 Å². The Bertz CT molecular complexity index is 871. The number of likely N-dealkylation sites (N-methyl/N-ethyl adjacent to an activating group) is 1. The fourth-order valence-electron chi connectivity index (χ4n) is 3.12. The Balaban J connectivity index is 1.46. The van der Waals surface area contributed by atoms with Gasteiger partial charge in [-0.3, -0.25) is 0 Å². The molecule has 0 radical (unpaired) electrons. The Hall–Kier alpha value is -2.93. The first-order chi connectivity index (χ1) is 13.2. The van der Waals surface area contributed by atoms with Crippen molar-refractivity contribution in [2.24, 2.45) is 0 Å². The maximum atomic E-state index is 5.69. The lowest BCUT2D eigenvalue weighted by Crippen LogP contribution is -2.29. The second-order valence-corrected chi connectivity index (χ2v) is 6.57. The summed E-state index contributed by atoms with van der Waals surface area (Å²) in [5.41, 5.74) is 1.66. The molecule has 1 saturated heterocycles. The molecular formula is C20H22N4O3. The van der Waals surface area contributed by atoms with Gasteiger partial charge in [0.05, 0.1) is 18.8 Å². The van der Waals surface area contributed by atoms with Gasteiger partial charge in [-0.1, -0.05) is 5.16 Å². The number of aromatic nitrogens is 3. The van der Waals surface area contributed by atoms with Crippen molar-refractivity contribution >= 4 is 5.82 Å². The van der Waals surface area contributed by atoms with Crippen LogP contribution < -0.4 is 9.64 Å². The first-order valence-corrected chi connectivity index (χ1v) is 9.00. The second kappa shape index (κ2) is 7.75. The van der Waals surface area contributed by atoms with Gasteiger partial charge in [0, 0.05) is 32.0 Å². The van der Waals surface area contributed by atoms with Gasteiger partial charge in [0.25, 0.3) is 5.89 Å². The summed E-state index contributed by atoms with van der Waals surface area (Å²) in [5, 5.41) is 4.06. The Kier molecular flexibility index (Phi) is 5.02. The third-order valence-corrected chi connectivity index (χ3v) is 4.66. The zero-order valence-corrected chi connectivity index (χ0v) is 15.5. The molecule has 0 N–H and O–H groups in total. The van der Waals surface area contributed by atoms with Crippen LogP contribution in [-0.2, 0) is 4.74 Å². The highest BCUT2D eigenvalue weighted by atomic mass is 16.5. The van der Waals surface area contributed by atoms with E-state index in [1.807, 2.05) is 43.4 Å². The number of hydrogen-bond acceptors (Lipinski definition) is 7. The fourth-order valence-corrected chi connectivity index (χ4v) is 3.12. The number of benzene rings is 1. The van der Waals surface area contributed by atoms with E-state index in [9.17, 15) is 0 Å². The Morgan fingerprint density at radius 3 is 2.63 bits per heavy atom. The van der Waals surface area contributed by atoms with E-state index < -0.39 is 0 Å². The van der Waals surface area contributed by atoms with Crippen LogP contribution in [0.25, 0.3) is 22.8 Å². The number of nitrogens with zero attached hydrogens (tertiary/aromatic N) is 4. The van der Waals surface area contributed by atoms with Crippen molar-refractivity contribution in [2.75, 3.05) is 32.2 Å². The van der Waals surface area contributed by atoms with Crippen molar-refractivity contribution in [2.45, 2.75) is 18.9 Å². The molecule has 1 fully saturated rings. The molecule has 1 unspecified atom stereocenters. The molecular weight excluding hydrogens is 344 g/mol. The van der Waals surface area contributed by atoms with Gasteiger partial charge in [0.15, 0.2) is 0 Å². The maximum Gasteiger partial charge on any atom is 0.259 e. The lowest BCUT2D eigenvalue weighted by atomic mass is 10.2. The van der Waals surface area contributed by atoms with E-state index >= 15 is 0 Å². The van der Waals surface area contributed by atoms with Gasteiger partial charge in [0.2, 0.25) is 5.82 Å². The lowest BCUT2D eigenvalue weighted by Gasteiger charge is -2.21. The Labute approximate surface area is 157 Å². The number of ether oxygens (including phenoxy) is 2. The summed E-state index contributed by atoms with van der Waals surface area (Å²) in [4.78, 5) is 11.1. The number of methoxy groups -OCH3 is 1. The van der Waals surface area contributed by atoms with Gasteiger partial charge >= 0.3 is 0 Å². The van der Waals surface area contributed by atoms with Crippen molar-refractivity contribution in [3.63, 3.8) is 0 Å². The number of anilines is 1. The van der Waals surface area contributed by atoms with Crippen LogP contribution in [-0.4, -0.2) is 48.5 Å². The molecule has 0 spiro atoms. The number of rotatable bonds is 6. The Morgan fingerprint density at radius 1 is 1.15 bits per heavy atom. The van der Waals surface area contributed by atoms with Crippen LogP contribution in [0.15, 0.2) is 47.1 Å². The molecule has 1 aliphatic heterocycles. The van der Waals surface area contributed by atoms with Gasteiger partial charge in [-0.15, -0.1) is 0 Å². The zero-order valence-electron chi connectivity index (χ0n) is 15.5. The summed E-state index contributed by atoms with van der Waals surface area (Å²) >= 11 is 0. The monoisotopic (exact) mass is 366 g/mol. The van der Waals surface area contributed by atoms with Crippen molar-refractivity contribution in [3.05, 3.63) is 42.6 Å². The zero-order chi connectivity index (χ0) is 18.6. The van der Waals surface area contributed by atoms with Crippen molar-refractivity contribution in [1.29, 1.82) is 0 Å². The summed E-state index contributed by atoms with van der Waals surface area (Å²) < 4.78 is 16.3. The Morgan fingerprint density at radius 2 is 1.96 bits per heavy atom. The molecule has 4 rings (SSSR count). The highest BCUT2D eigenvalue weighted by Crippen LogP contribution is 2.24. The molecule has 0 bridgehead atoms. The highest BCUT2D eigenvalue weighted by molar-refractivity contribution is 5.60. The summed E-state index contributed by atoms with van der Waals surface area (Å²) in [7, 11) is 3.66. The van der Waals surface area contributed by atoms with E-state index in [2.05, 4.69) is 20.0 Å². The smallest absolute Gasteiger partial charge is 0.259 e. The molecule has 2 aromatic heterocycles. The minimum atomic E-state index is 0.291. The molecule has 0 saturated carbocycles.